The van der Waals surface area contributed by atoms with E-state index in [1.165, 1.54) is 5.04 Å². The molecule has 23 heavy (non-hydrogen) atoms. The normalized spacial score (nSPS) is 30.7. The maximum atomic E-state index is 5.81. The van der Waals surface area contributed by atoms with E-state index in [2.05, 4.69) is 26.2 Å². The van der Waals surface area contributed by atoms with E-state index in [9.17, 15) is 0 Å². The molecule has 0 radical (unpaired) electrons. The van der Waals surface area contributed by atoms with Crippen LogP contribution in [0.3, 0.4) is 0 Å². The lowest BCUT2D eigenvalue weighted by Crippen LogP contribution is -2.38. The summed E-state index contributed by atoms with van der Waals surface area (Å²) >= 11 is 10.3. The van der Waals surface area contributed by atoms with Gasteiger partial charge < -0.3 is 5.73 Å². The van der Waals surface area contributed by atoms with Crippen molar-refractivity contribution in [3.8, 4) is 0 Å². The van der Waals surface area contributed by atoms with Crippen LogP contribution in [0.1, 0.15) is 38.4 Å². The summed E-state index contributed by atoms with van der Waals surface area (Å²) < 4.78 is 0. The number of thiocarbonyl (C=S) groups is 1. The van der Waals surface area contributed by atoms with Crippen LogP contribution in [0.25, 0.3) is 0 Å². The average molecular weight is 385 g/mol. The number of nitrogens with zero attached hydrogens (tertiary/aromatic N) is 3. The van der Waals surface area contributed by atoms with Crippen LogP contribution in [0, 0.1) is 5.92 Å². The molecule has 1 aromatic heterocycles. The fraction of sp³-hybridized carbons (Fsp3) is 0.600. The second-order valence-corrected chi connectivity index (χ2v) is 9.81. The molecule has 0 bridgehead atoms. The Labute approximate surface area is 154 Å². The average Bonchev–Trinajstić information content (AvgIpc) is 3.16. The smallest absolute Gasteiger partial charge is 0.122 e. The third kappa shape index (κ3) is 3.23. The number of hydrogen-bond donors (Lipinski definition) is 1. The predicted molar refractivity (Wildman–Crippen MR) is 108 cm³/mol. The molecule has 0 saturated carbocycles. The fourth-order valence-corrected chi connectivity index (χ4v) is 5.97. The number of hydrogen-bond acceptors (Lipinski definition) is 7. The Kier molecular flexibility index (Phi) is 4.63. The topological polar surface area (TPSA) is 63.6 Å². The molecule has 124 valence electrons. The number of nitrogens with two attached hydrogens (primary N) is 1. The van der Waals surface area contributed by atoms with Crippen LogP contribution in [-0.4, -0.2) is 37.1 Å². The first-order valence-corrected chi connectivity index (χ1v) is 10.7. The van der Waals surface area contributed by atoms with E-state index < -0.39 is 5.54 Å². The molecule has 2 atom stereocenters. The molecular weight excluding hydrogens is 364 g/mol. The molecule has 4 nitrogen and oxygen atoms in total. The molecule has 0 amide bonds. The summed E-state index contributed by atoms with van der Waals surface area (Å²) in [5, 5.41) is 5.29. The van der Waals surface area contributed by atoms with Gasteiger partial charge >= 0.3 is 0 Å². The van der Waals surface area contributed by atoms with Gasteiger partial charge in [0.05, 0.1) is 5.04 Å². The molecule has 2 aliphatic heterocycles. The minimum atomic E-state index is -0.449. The van der Waals surface area contributed by atoms with Gasteiger partial charge in [-0.1, -0.05) is 26.1 Å². The molecular formula is C15H20N4S4. The van der Waals surface area contributed by atoms with Crippen molar-refractivity contribution in [1.82, 2.24) is 4.98 Å². The van der Waals surface area contributed by atoms with Gasteiger partial charge in [0.15, 0.2) is 0 Å². The SMILES string of the molecule is CC(C)C1=N[C@@](C)(c2nc(C3=N[C@](C)(C(N)=S)CS3)cs2)CS1. The van der Waals surface area contributed by atoms with Crippen molar-refractivity contribution in [2.75, 3.05) is 11.5 Å². The zero-order valence-corrected chi connectivity index (χ0v) is 16.9. The van der Waals surface area contributed by atoms with Gasteiger partial charge in [-0.05, 0) is 13.8 Å². The van der Waals surface area contributed by atoms with Gasteiger partial charge in [0.1, 0.15) is 31.8 Å². The van der Waals surface area contributed by atoms with Crippen molar-refractivity contribution in [3.05, 3.63) is 16.1 Å². The summed E-state index contributed by atoms with van der Waals surface area (Å²) in [5.74, 6) is 2.22. The summed E-state index contributed by atoms with van der Waals surface area (Å²) in [6, 6.07) is 0. The summed E-state index contributed by atoms with van der Waals surface area (Å²) in [6.45, 7) is 8.52. The van der Waals surface area contributed by atoms with Gasteiger partial charge in [-0.15, -0.1) is 34.9 Å². The van der Waals surface area contributed by atoms with Crippen LogP contribution >= 0.6 is 47.1 Å². The largest absolute Gasteiger partial charge is 0.391 e. The van der Waals surface area contributed by atoms with Crippen LogP contribution in [0.15, 0.2) is 15.4 Å². The van der Waals surface area contributed by atoms with Gasteiger partial charge in [-0.3, -0.25) is 9.98 Å². The van der Waals surface area contributed by atoms with Crippen LogP contribution in [-0.2, 0) is 5.54 Å². The van der Waals surface area contributed by atoms with Crippen molar-refractivity contribution >= 4 is 62.2 Å². The molecule has 8 heteroatoms. The zero-order valence-electron chi connectivity index (χ0n) is 13.6. The van der Waals surface area contributed by atoms with Crippen molar-refractivity contribution in [1.29, 1.82) is 0 Å². The highest BCUT2D eigenvalue weighted by atomic mass is 32.2. The van der Waals surface area contributed by atoms with E-state index in [0.29, 0.717) is 10.9 Å². The Morgan fingerprint density at radius 2 is 2.00 bits per heavy atom. The summed E-state index contributed by atoms with van der Waals surface area (Å²) in [4.78, 5) is 14.9. The quantitative estimate of drug-likeness (QED) is 0.802. The van der Waals surface area contributed by atoms with E-state index in [-0.39, 0.29) is 5.54 Å². The zero-order chi connectivity index (χ0) is 16.8. The second kappa shape index (κ2) is 6.13. The number of thiazole rings is 1. The van der Waals surface area contributed by atoms with Crippen LogP contribution < -0.4 is 5.73 Å². The fourth-order valence-electron chi connectivity index (χ4n) is 2.30. The van der Waals surface area contributed by atoms with Crippen LogP contribution in [0.5, 0.6) is 0 Å². The summed E-state index contributed by atoms with van der Waals surface area (Å²) in [7, 11) is 0. The molecule has 1 aromatic rings. The first-order valence-electron chi connectivity index (χ1n) is 7.45. The molecule has 0 aromatic carbocycles. The molecule has 2 aliphatic rings. The van der Waals surface area contributed by atoms with E-state index in [1.807, 2.05) is 18.7 Å². The highest BCUT2D eigenvalue weighted by Gasteiger charge is 2.38. The lowest BCUT2D eigenvalue weighted by Gasteiger charge is -2.16. The molecule has 0 unspecified atom stereocenters. The second-order valence-electron chi connectivity index (χ2n) is 6.55. The highest BCUT2D eigenvalue weighted by Crippen LogP contribution is 2.40. The monoisotopic (exact) mass is 384 g/mol. The standard InChI is InChI=1S/C15H20N4S4/c1-8(2)10-18-15(4,7-22-10)13-17-9(5-21-13)11-19-14(3,6-23-11)12(16)20/h5,8H,6-7H2,1-4H3,(H2,16,20)/t14-,15+/m0/s1. The van der Waals surface area contributed by atoms with Crippen molar-refractivity contribution in [3.63, 3.8) is 0 Å². The Balaban J connectivity index is 1.87. The van der Waals surface area contributed by atoms with Gasteiger partial charge in [-0.25, -0.2) is 4.98 Å². The lowest BCUT2D eigenvalue weighted by molar-refractivity contribution is 0.571. The van der Waals surface area contributed by atoms with Gasteiger partial charge in [-0.2, -0.15) is 0 Å². The molecule has 3 rings (SSSR count). The molecule has 2 N–H and O–H groups in total. The summed E-state index contributed by atoms with van der Waals surface area (Å²) in [5.41, 5.74) is 6.07. The van der Waals surface area contributed by atoms with Gasteiger partial charge in [0.25, 0.3) is 0 Å². The van der Waals surface area contributed by atoms with Crippen LogP contribution in [0.2, 0.25) is 0 Å². The molecule has 0 aliphatic carbocycles. The molecule has 0 spiro atoms. The Morgan fingerprint density at radius 3 is 2.57 bits per heavy atom. The number of thioether (sulfide) groups is 2. The predicted octanol–water partition coefficient (Wildman–Crippen LogP) is 3.70. The Hall–Kier alpha value is -0.440. The summed E-state index contributed by atoms with van der Waals surface area (Å²) in [6.07, 6.45) is 0. The number of aromatic nitrogens is 1. The van der Waals surface area contributed by atoms with Crippen molar-refractivity contribution in [2.45, 2.75) is 38.8 Å². The number of aliphatic imine (C=N–C) groups is 2. The minimum absolute atomic E-state index is 0.219. The van der Waals surface area contributed by atoms with Crippen molar-refractivity contribution in [2.24, 2.45) is 21.6 Å². The maximum Gasteiger partial charge on any atom is 0.122 e. The molecule has 0 saturated heterocycles. The third-order valence-corrected chi connectivity index (χ3v) is 8.29. The first kappa shape index (κ1) is 17.4. The van der Waals surface area contributed by atoms with E-state index >= 15 is 0 Å². The Bertz CT molecular complexity index is 708. The highest BCUT2D eigenvalue weighted by molar-refractivity contribution is 8.15. The van der Waals surface area contributed by atoms with Gasteiger partial charge in [0.2, 0.25) is 0 Å². The van der Waals surface area contributed by atoms with E-state index in [0.717, 1.165) is 27.3 Å². The van der Waals surface area contributed by atoms with Gasteiger partial charge in [0, 0.05) is 22.8 Å². The maximum absolute atomic E-state index is 5.81. The van der Waals surface area contributed by atoms with Crippen LogP contribution in [0.4, 0.5) is 0 Å². The first-order chi connectivity index (χ1) is 10.7. The third-order valence-electron chi connectivity index (χ3n) is 3.91. The lowest BCUT2D eigenvalue weighted by atomic mass is 10.1. The van der Waals surface area contributed by atoms with E-state index in [4.69, 9.17) is 32.9 Å². The van der Waals surface area contributed by atoms with Crippen molar-refractivity contribution < 1.29 is 0 Å². The number of rotatable bonds is 4. The van der Waals surface area contributed by atoms with E-state index in [1.54, 1.807) is 23.1 Å². The molecule has 0 fully saturated rings. The minimum Gasteiger partial charge on any atom is -0.391 e. The molecule has 3 heterocycles. The Morgan fingerprint density at radius 1 is 1.26 bits per heavy atom.